The highest BCUT2D eigenvalue weighted by atomic mass is 32.2. The van der Waals surface area contributed by atoms with Crippen LogP contribution in [-0.2, 0) is 10.5 Å². The van der Waals surface area contributed by atoms with Crippen LogP contribution in [0.5, 0.6) is 0 Å². The molecule has 0 aliphatic carbocycles. The number of thioether (sulfide) groups is 1. The largest absolute Gasteiger partial charge is 0.481 e. The van der Waals surface area contributed by atoms with Gasteiger partial charge in [-0.2, -0.15) is 9.36 Å². The van der Waals surface area contributed by atoms with Crippen molar-refractivity contribution in [1.82, 2.24) is 14.3 Å². The molecule has 0 saturated heterocycles. The third-order valence-corrected chi connectivity index (χ3v) is 4.81. The summed E-state index contributed by atoms with van der Waals surface area (Å²) in [6.07, 6.45) is 0. The summed E-state index contributed by atoms with van der Waals surface area (Å²) in [7, 11) is 1.54. The maximum atomic E-state index is 12.0. The number of carboxylic acids is 1. The van der Waals surface area contributed by atoms with Crippen LogP contribution in [0.1, 0.15) is 12.5 Å². The third kappa shape index (κ3) is 5.50. The molecule has 1 aromatic carbocycles. The Morgan fingerprint density at radius 1 is 1.38 bits per heavy atom. The number of benzene rings is 1. The second-order valence-corrected chi connectivity index (χ2v) is 6.90. The minimum atomic E-state index is -0.940. The summed E-state index contributed by atoms with van der Waals surface area (Å²) in [5, 5.41) is 12.5. The lowest BCUT2D eigenvalue weighted by atomic mass is 10.2. The van der Waals surface area contributed by atoms with E-state index < -0.39 is 17.9 Å². The molecule has 24 heavy (non-hydrogen) atoms. The van der Waals surface area contributed by atoms with Crippen molar-refractivity contribution in [2.75, 3.05) is 18.9 Å². The molecule has 0 saturated carbocycles. The van der Waals surface area contributed by atoms with E-state index in [0.717, 1.165) is 17.3 Å². The zero-order valence-corrected chi connectivity index (χ0v) is 14.9. The Balaban J connectivity index is 1.84. The molecule has 2 aromatic rings. The molecule has 0 fully saturated rings. The lowest BCUT2D eigenvalue weighted by Crippen LogP contribution is -2.36. The molecule has 1 atom stereocenters. The number of nitrogens with one attached hydrogen (secondary N) is 1. The second-order valence-electron chi connectivity index (χ2n) is 5.21. The van der Waals surface area contributed by atoms with Crippen LogP contribution in [0, 0.1) is 5.92 Å². The summed E-state index contributed by atoms with van der Waals surface area (Å²) in [6, 6.07) is 9.57. The molecular weight excluding hydrogens is 348 g/mol. The maximum Gasteiger partial charge on any atom is 0.323 e. The molecule has 0 aliphatic heterocycles. The highest BCUT2D eigenvalue weighted by Gasteiger charge is 2.18. The topological polar surface area (TPSA) is 95.4 Å². The Labute approximate surface area is 148 Å². The average molecular weight is 366 g/mol. The Morgan fingerprint density at radius 2 is 2.08 bits per heavy atom. The van der Waals surface area contributed by atoms with Gasteiger partial charge in [-0.15, -0.1) is 0 Å². The van der Waals surface area contributed by atoms with E-state index in [9.17, 15) is 9.59 Å². The molecule has 2 N–H and O–H groups in total. The third-order valence-electron chi connectivity index (χ3n) is 3.15. The molecule has 0 bridgehead atoms. The number of hydrogen-bond acceptors (Lipinski definition) is 6. The smallest absolute Gasteiger partial charge is 0.323 e. The van der Waals surface area contributed by atoms with Crippen LogP contribution < -0.4 is 5.32 Å². The number of urea groups is 1. The van der Waals surface area contributed by atoms with E-state index >= 15 is 0 Å². The minimum absolute atomic E-state index is 0.121. The number of anilines is 1. The predicted octanol–water partition coefficient (Wildman–Crippen LogP) is 3.01. The summed E-state index contributed by atoms with van der Waals surface area (Å²) in [6.45, 7) is 1.67. The van der Waals surface area contributed by atoms with Crippen LogP contribution in [0.2, 0.25) is 0 Å². The molecule has 2 amide bonds. The Morgan fingerprint density at radius 3 is 2.75 bits per heavy atom. The van der Waals surface area contributed by atoms with Gasteiger partial charge in [-0.05, 0) is 5.56 Å². The van der Waals surface area contributed by atoms with Crippen molar-refractivity contribution in [3.63, 3.8) is 0 Å². The lowest BCUT2D eigenvalue weighted by molar-refractivity contribution is -0.141. The van der Waals surface area contributed by atoms with Gasteiger partial charge in [0.05, 0.1) is 5.92 Å². The summed E-state index contributed by atoms with van der Waals surface area (Å²) in [4.78, 5) is 28.4. The monoisotopic (exact) mass is 366 g/mol. The van der Waals surface area contributed by atoms with E-state index in [-0.39, 0.29) is 6.54 Å². The van der Waals surface area contributed by atoms with E-state index in [1.165, 1.54) is 22.2 Å². The Hall–Kier alpha value is -2.13. The van der Waals surface area contributed by atoms with Gasteiger partial charge in [0.15, 0.2) is 0 Å². The highest BCUT2D eigenvalue weighted by Crippen LogP contribution is 2.23. The molecule has 0 aliphatic rings. The number of carbonyl (C=O) groups is 2. The first kappa shape index (κ1) is 18.2. The number of amides is 2. The van der Waals surface area contributed by atoms with Gasteiger partial charge in [-0.1, -0.05) is 49.0 Å². The van der Waals surface area contributed by atoms with Gasteiger partial charge in [0.25, 0.3) is 0 Å². The molecule has 1 aromatic heterocycles. The second kappa shape index (κ2) is 8.65. The van der Waals surface area contributed by atoms with Crippen molar-refractivity contribution in [3.05, 3.63) is 35.9 Å². The molecule has 9 heteroatoms. The van der Waals surface area contributed by atoms with E-state index in [1.54, 1.807) is 14.0 Å². The van der Waals surface area contributed by atoms with Crippen molar-refractivity contribution >= 4 is 40.4 Å². The fraction of sp³-hybridized carbons (Fsp3) is 0.333. The van der Waals surface area contributed by atoms with Crippen molar-refractivity contribution < 1.29 is 14.7 Å². The first-order valence-corrected chi connectivity index (χ1v) is 8.97. The average Bonchev–Trinajstić information content (AvgIpc) is 3.01. The lowest BCUT2D eigenvalue weighted by Gasteiger charge is -2.18. The number of aromatic nitrogens is 2. The quantitative estimate of drug-likeness (QED) is 0.732. The van der Waals surface area contributed by atoms with Crippen molar-refractivity contribution in [3.8, 4) is 0 Å². The number of rotatable bonds is 7. The van der Waals surface area contributed by atoms with Gasteiger partial charge in [0, 0.05) is 30.9 Å². The first-order valence-electron chi connectivity index (χ1n) is 7.21. The number of nitrogens with zero attached hydrogens (tertiary/aromatic N) is 3. The highest BCUT2D eigenvalue weighted by molar-refractivity contribution is 7.98. The molecular formula is C15H18N4O3S2. The van der Waals surface area contributed by atoms with E-state index in [4.69, 9.17) is 5.11 Å². The van der Waals surface area contributed by atoms with Crippen molar-refractivity contribution in [2.45, 2.75) is 17.8 Å². The zero-order chi connectivity index (χ0) is 17.5. The normalized spacial score (nSPS) is 11.8. The fourth-order valence-electron chi connectivity index (χ4n) is 1.80. The number of aliphatic carboxylic acids is 1. The molecule has 0 radical (unpaired) electrons. The summed E-state index contributed by atoms with van der Waals surface area (Å²) >= 11 is 2.59. The van der Waals surface area contributed by atoms with Crippen LogP contribution in [-0.4, -0.2) is 45.0 Å². The summed E-state index contributed by atoms with van der Waals surface area (Å²) in [5.74, 6) is -0.821. The maximum absolute atomic E-state index is 12.0. The van der Waals surface area contributed by atoms with E-state index in [2.05, 4.69) is 14.7 Å². The summed E-state index contributed by atoms with van der Waals surface area (Å²) < 4.78 is 4.20. The van der Waals surface area contributed by atoms with Gasteiger partial charge in [0.2, 0.25) is 10.3 Å². The van der Waals surface area contributed by atoms with Gasteiger partial charge in [-0.3, -0.25) is 10.1 Å². The molecule has 128 valence electrons. The van der Waals surface area contributed by atoms with Crippen LogP contribution in [0.15, 0.2) is 35.5 Å². The number of hydrogen-bond donors (Lipinski definition) is 2. The number of carbonyl (C=O) groups excluding carboxylic acids is 1. The molecule has 0 spiro atoms. The number of carboxylic acid groups (broad SMARTS) is 1. The van der Waals surface area contributed by atoms with Gasteiger partial charge in [-0.25, -0.2) is 4.79 Å². The van der Waals surface area contributed by atoms with E-state index in [1.807, 2.05) is 30.3 Å². The standard InChI is InChI=1S/C15H18N4O3S2/c1-10(12(20)21)8-19(2)15(22)17-13-16-14(18-24-13)23-9-11-6-4-3-5-7-11/h3-7,10H,8-9H2,1-2H3,(H,20,21)(H,16,17,18,22). The molecule has 2 rings (SSSR count). The Kier molecular flexibility index (Phi) is 6.56. The van der Waals surface area contributed by atoms with E-state index in [0.29, 0.717) is 10.3 Å². The zero-order valence-electron chi connectivity index (χ0n) is 13.3. The van der Waals surface area contributed by atoms with Gasteiger partial charge in [0.1, 0.15) is 0 Å². The van der Waals surface area contributed by atoms with Gasteiger partial charge >= 0.3 is 12.0 Å². The Bertz CT molecular complexity index is 693. The summed E-state index contributed by atoms with van der Waals surface area (Å²) in [5.41, 5.74) is 1.17. The molecule has 1 unspecified atom stereocenters. The molecule has 1 heterocycles. The van der Waals surface area contributed by atoms with Crippen LogP contribution in [0.4, 0.5) is 9.93 Å². The van der Waals surface area contributed by atoms with Crippen LogP contribution in [0.3, 0.4) is 0 Å². The van der Waals surface area contributed by atoms with Crippen LogP contribution >= 0.6 is 23.3 Å². The SMILES string of the molecule is CC(CN(C)C(=O)Nc1nc(SCc2ccccc2)ns1)C(=O)O. The molecule has 7 nitrogen and oxygen atoms in total. The fourth-order valence-corrected chi connectivity index (χ4v) is 3.29. The van der Waals surface area contributed by atoms with Crippen molar-refractivity contribution in [2.24, 2.45) is 5.92 Å². The minimum Gasteiger partial charge on any atom is -0.481 e. The van der Waals surface area contributed by atoms with Crippen LogP contribution in [0.25, 0.3) is 0 Å². The van der Waals surface area contributed by atoms with Crippen molar-refractivity contribution in [1.29, 1.82) is 0 Å². The predicted molar refractivity (Wildman–Crippen MR) is 94.4 cm³/mol. The van der Waals surface area contributed by atoms with Gasteiger partial charge < -0.3 is 10.0 Å². The first-order chi connectivity index (χ1) is 11.5.